The maximum absolute atomic E-state index is 11.0. The third kappa shape index (κ3) is 5.89. The number of unbranched alkanes of at least 4 members (excludes halogenated alkanes) is 2. The Kier molecular flexibility index (Phi) is 5.90. The molecular formula is C9H19NO. The largest absolute Gasteiger partial charge is 0.356 e. The van der Waals surface area contributed by atoms with Gasteiger partial charge in [-0.3, -0.25) is 4.79 Å². The zero-order chi connectivity index (χ0) is 8.69. The molecule has 1 amide bonds. The van der Waals surface area contributed by atoms with Crippen LogP contribution in [0.4, 0.5) is 0 Å². The minimum absolute atomic E-state index is 0.122. The van der Waals surface area contributed by atoms with Crippen LogP contribution in [0.5, 0.6) is 0 Å². The molecule has 0 spiro atoms. The first-order valence-electron chi connectivity index (χ1n) is 4.46. The lowest BCUT2D eigenvalue weighted by Gasteiger charge is -2.06. The lowest BCUT2D eigenvalue weighted by molar-refractivity contribution is -0.123. The SMILES string of the molecule is CCCCCNC(=O)C(C)C. The Morgan fingerprint density at radius 3 is 2.45 bits per heavy atom. The van der Waals surface area contributed by atoms with E-state index in [2.05, 4.69) is 12.2 Å². The molecule has 0 aliphatic rings. The number of carbonyl (C=O) groups excluding carboxylic acids is 1. The predicted molar refractivity (Wildman–Crippen MR) is 47.4 cm³/mol. The van der Waals surface area contributed by atoms with E-state index in [9.17, 15) is 4.79 Å². The van der Waals surface area contributed by atoms with Crippen LogP contribution < -0.4 is 5.32 Å². The van der Waals surface area contributed by atoms with Crippen LogP contribution in [0.25, 0.3) is 0 Å². The van der Waals surface area contributed by atoms with Gasteiger partial charge in [-0.15, -0.1) is 0 Å². The fourth-order valence-electron chi connectivity index (χ4n) is 0.791. The van der Waals surface area contributed by atoms with Crippen LogP contribution >= 0.6 is 0 Å². The van der Waals surface area contributed by atoms with E-state index in [1.807, 2.05) is 13.8 Å². The lowest BCUT2D eigenvalue weighted by Crippen LogP contribution is -2.28. The molecule has 66 valence electrons. The second kappa shape index (κ2) is 6.20. The number of carbonyl (C=O) groups is 1. The zero-order valence-electron chi connectivity index (χ0n) is 7.81. The summed E-state index contributed by atoms with van der Waals surface area (Å²) in [6.45, 7) is 6.82. The van der Waals surface area contributed by atoms with Gasteiger partial charge in [-0.05, 0) is 6.42 Å². The van der Waals surface area contributed by atoms with Crippen LogP contribution in [-0.2, 0) is 4.79 Å². The molecule has 0 aliphatic carbocycles. The highest BCUT2D eigenvalue weighted by molar-refractivity contribution is 5.77. The molecule has 2 nitrogen and oxygen atoms in total. The molecule has 0 aromatic heterocycles. The van der Waals surface area contributed by atoms with E-state index in [4.69, 9.17) is 0 Å². The van der Waals surface area contributed by atoms with Crippen molar-refractivity contribution < 1.29 is 4.79 Å². The van der Waals surface area contributed by atoms with Gasteiger partial charge in [0.05, 0.1) is 0 Å². The smallest absolute Gasteiger partial charge is 0.222 e. The van der Waals surface area contributed by atoms with Crippen LogP contribution in [0.3, 0.4) is 0 Å². The van der Waals surface area contributed by atoms with Gasteiger partial charge in [0.1, 0.15) is 0 Å². The summed E-state index contributed by atoms with van der Waals surface area (Å²) in [6, 6.07) is 0. The third-order valence-electron chi connectivity index (χ3n) is 1.60. The van der Waals surface area contributed by atoms with Crippen molar-refractivity contribution in [2.75, 3.05) is 6.54 Å². The average molecular weight is 157 g/mol. The lowest BCUT2D eigenvalue weighted by atomic mass is 10.2. The summed E-state index contributed by atoms with van der Waals surface area (Å²) in [5.41, 5.74) is 0. The second-order valence-electron chi connectivity index (χ2n) is 3.15. The number of hydrogen-bond acceptors (Lipinski definition) is 1. The highest BCUT2D eigenvalue weighted by Crippen LogP contribution is 1.93. The summed E-state index contributed by atoms with van der Waals surface area (Å²) in [5, 5.41) is 2.88. The van der Waals surface area contributed by atoms with E-state index in [-0.39, 0.29) is 11.8 Å². The van der Waals surface area contributed by atoms with Gasteiger partial charge in [-0.25, -0.2) is 0 Å². The number of rotatable bonds is 5. The Labute approximate surface area is 69.4 Å². The van der Waals surface area contributed by atoms with Crippen molar-refractivity contribution in [1.82, 2.24) is 5.32 Å². The van der Waals surface area contributed by atoms with Crippen LogP contribution in [0.2, 0.25) is 0 Å². The summed E-state index contributed by atoms with van der Waals surface area (Å²) in [4.78, 5) is 11.0. The van der Waals surface area contributed by atoms with Crippen LogP contribution in [0, 0.1) is 5.92 Å². The Hall–Kier alpha value is -0.530. The molecule has 0 aliphatic heterocycles. The summed E-state index contributed by atoms with van der Waals surface area (Å²) >= 11 is 0. The van der Waals surface area contributed by atoms with E-state index >= 15 is 0 Å². The summed E-state index contributed by atoms with van der Waals surface area (Å²) < 4.78 is 0. The van der Waals surface area contributed by atoms with Crippen LogP contribution in [0.1, 0.15) is 40.0 Å². The molecule has 2 heteroatoms. The highest BCUT2D eigenvalue weighted by atomic mass is 16.1. The van der Waals surface area contributed by atoms with Gasteiger partial charge in [0.2, 0.25) is 5.91 Å². The van der Waals surface area contributed by atoms with Crippen molar-refractivity contribution >= 4 is 5.91 Å². The first-order valence-corrected chi connectivity index (χ1v) is 4.46. The van der Waals surface area contributed by atoms with Crippen molar-refractivity contribution in [2.24, 2.45) is 5.92 Å². The molecule has 0 rings (SSSR count). The van der Waals surface area contributed by atoms with E-state index in [1.54, 1.807) is 0 Å². The van der Waals surface area contributed by atoms with E-state index < -0.39 is 0 Å². The average Bonchev–Trinajstić information content (AvgIpc) is 1.97. The summed E-state index contributed by atoms with van der Waals surface area (Å²) in [7, 11) is 0. The molecule has 0 fully saturated rings. The topological polar surface area (TPSA) is 29.1 Å². The Morgan fingerprint density at radius 1 is 1.36 bits per heavy atom. The fraction of sp³-hybridized carbons (Fsp3) is 0.889. The number of amides is 1. The molecule has 1 N–H and O–H groups in total. The van der Waals surface area contributed by atoms with Gasteiger partial charge in [0.25, 0.3) is 0 Å². The molecular weight excluding hydrogens is 138 g/mol. The minimum atomic E-state index is 0.122. The molecule has 0 heterocycles. The molecule has 11 heavy (non-hydrogen) atoms. The van der Waals surface area contributed by atoms with E-state index in [0.717, 1.165) is 13.0 Å². The van der Waals surface area contributed by atoms with Gasteiger partial charge in [-0.1, -0.05) is 33.6 Å². The van der Waals surface area contributed by atoms with Gasteiger partial charge < -0.3 is 5.32 Å². The first kappa shape index (κ1) is 10.5. The van der Waals surface area contributed by atoms with Crippen LogP contribution in [0.15, 0.2) is 0 Å². The standard InChI is InChI=1S/C9H19NO/c1-4-5-6-7-10-9(11)8(2)3/h8H,4-7H2,1-3H3,(H,10,11). The first-order chi connectivity index (χ1) is 5.18. The molecule has 0 saturated carbocycles. The van der Waals surface area contributed by atoms with Crippen molar-refractivity contribution in [2.45, 2.75) is 40.0 Å². The molecule has 0 bridgehead atoms. The fourth-order valence-corrected chi connectivity index (χ4v) is 0.791. The Balaban J connectivity index is 3.18. The normalized spacial score (nSPS) is 10.2. The molecule has 0 aromatic rings. The van der Waals surface area contributed by atoms with E-state index in [0.29, 0.717) is 0 Å². The van der Waals surface area contributed by atoms with Crippen molar-refractivity contribution in [3.8, 4) is 0 Å². The molecule has 0 unspecified atom stereocenters. The molecule has 0 saturated heterocycles. The van der Waals surface area contributed by atoms with Gasteiger partial charge in [-0.2, -0.15) is 0 Å². The van der Waals surface area contributed by atoms with E-state index in [1.165, 1.54) is 12.8 Å². The monoisotopic (exact) mass is 157 g/mol. The Bertz CT molecular complexity index is 110. The van der Waals surface area contributed by atoms with Gasteiger partial charge in [0, 0.05) is 12.5 Å². The minimum Gasteiger partial charge on any atom is -0.356 e. The van der Waals surface area contributed by atoms with Gasteiger partial charge in [0.15, 0.2) is 0 Å². The van der Waals surface area contributed by atoms with Crippen LogP contribution in [-0.4, -0.2) is 12.5 Å². The van der Waals surface area contributed by atoms with Crippen molar-refractivity contribution in [3.05, 3.63) is 0 Å². The van der Waals surface area contributed by atoms with Crippen molar-refractivity contribution in [1.29, 1.82) is 0 Å². The molecule has 0 aromatic carbocycles. The zero-order valence-corrected chi connectivity index (χ0v) is 7.81. The number of nitrogens with one attached hydrogen (secondary N) is 1. The predicted octanol–water partition coefficient (Wildman–Crippen LogP) is 1.95. The second-order valence-corrected chi connectivity index (χ2v) is 3.15. The third-order valence-corrected chi connectivity index (χ3v) is 1.60. The quantitative estimate of drug-likeness (QED) is 0.607. The summed E-state index contributed by atoms with van der Waals surface area (Å²) in [5.74, 6) is 0.290. The Morgan fingerprint density at radius 2 is 2.00 bits per heavy atom. The number of hydrogen-bond donors (Lipinski definition) is 1. The maximum atomic E-state index is 11.0. The summed E-state index contributed by atoms with van der Waals surface area (Å²) in [6.07, 6.45) is 3.52. The molecule has 0 atom stereocenters. The van der Waals surface area contributed by atoms with Crippen molar-refractivity contribution in [3.63, 3.8) is 0 Å². The van der Waals surface area contributed by atoms with Gasteiger partial charge >= 0.3 is 0 Å². The molecule has 0 radical (unpaired) electrons. The highest BCUT2D eigenvalue weighted by Gasteiger charge is 2.03. The maximum Gasteiger partial charge on any atom is 0.222 e.